The van der Waals surface area contributed by atoms with E-state index in [9.17, 15) is 4.79 Å². The maximum Gasteiger partial charge on any atom is 0.158 e. The second-order valence-electron chi connectivity index (χ2n) is 6.64. The van der Waals surface area contributed by atoms with Crippen LogP contribution in [0.1, 0.15) is 62.6 Å². The molecule has 1 aromatic carbocycles. The van der Waals surface area contributed by atoms with Crippen LogP contribution in [-0.4, -0.2) is 12.0 Å². The van der Waals surface area contributed by atoms with E-state index in [1.165, 1.54) is 29.5 Å². The number of fused-ring (bicyclic) bond motifs is 3. The average Bonchev–Trinajstić information content (AvgIpc) is 2.86. The zero-order valence-electron chi connectivity index (χ0n) is 13.5. The molecule has 0 aromatic heterocycles. The highest BCUT2D eigenvalue weighted by Gasteiger charge is 2.46. The fourth-order valence-corrected chi connectivity index (χ4v) is 4.30. The number of carbonyl (C=O) groups is 1. The minimum atomic E-state index is 0.148. The molecule has 0 spiro atoms. The van der Waals surface area contributed by atoms with Crippen molar-refractivity contribution in [3.63, 3.8) is 0 Å². The van der Waals surface area contributed by atoms with Crippen molar-refractivity contribution in [3.05, 3.63) is 40.5 Å². The van der Waals surface area contributed by atoms with Gasteiger partial charge in [0, 0.05) is 11.8 Å². The molecule has 2 aliphatic rings. The largest absolute Gasteiger partial charge is 0.323 e. The van der Waals surface area contributed by atoms with Gasteiger partial charge in [-0.3, -0.25) is 4.79 Å². The van der Waals surface area contributed by atoms with Crippen molar-refractivity contribution < 1.29 is 4.79 Å². The van der Waals surface area contributed by atoms with Crippen LogP contribution < -0.4 is 5.84 Å². The fraction of sp³-hybridized carbons (Fsp3) is 0.474. The van der Waals surface area contributed by atoms with E-state index in [0.29, 0.717) is 12.2 Å². The Morgan fingerprint density at radius 2 is 2.23 bits per heavy atom. The SMILES string of the molecule is CCCCC12CCC(=O)C(C)=C1c1cccc(/C=N\N)c1C2. The molecule has 0 bridgehead atoms. The third-order valence-electron chi connectivity index (χ3n) is 5.37. The Morgan fingerprint density at radius 1 is 1.41 bits per heavy atom. The molecule has 1 aromatic rings. The van der Waals surface area contributed by atoms with Crippen LogP contribution in [0.4, 0.5) is 0 Å². The summed E-state index contributed by atoms with van der Waals surface area (Å²) in [7, 11) is 0. The van der Waals surface area contributed by atoms with E-state index in [2.05, 4.69) is 24.2 Å². The van der Waals surface area contributed by atoms with Crippen molar-refractivity contribution in [2.45, 2.75) is 52.4 Å². The third-order valence-corrected chi connectivity index (χ3v) is 5.37. The summed E-state index contributed by atoms with van der Waals surface area (Å²) in [5.41, 5.74) is 6.09. The van der Waals surface area contributed by atoms with Crippen molar-refractivity contribution in [1.29, 1.82) is 0 Å². The third kappa shape index (κ3) is 2.20. The van der Waals surface area contributed by atoms with Gasteiger partial charge in [-0.15, -0.1) is 0 Å². The van der Waals surface area contributed by atoms with Crippen molar-refractivity contribution in [2.24, 2.45) is 16.4 Å². The number of rotatable bonds is 4. The van der Waals surface area contributed by atoms with Gasteiger partial charge in [-0.25, -0.2) is 0 Å². The maximum absolute atomic E-state index is 12.3. The number of Topliss-reactive ketones (excluding diaryl/α,β-unsaturated/α-hetero) is 1. The van der Waals surface area contributed by atoms with E-state index in [1.54, 1.807) is 6.21 Å². The number of hydrogen-bond acceptors (Lipinski definition) is 3. The first-order chi connectivity index (χ1) is 10.6. The minimum Gasteiger partial charge on any atom is -0.323 e. The first-order valence-electron chi connectivity index (χ1n) is 8.23. The number of hydrogen-bond donors (Lipinski definition) is 1. The van der Waals surface area contributed by atoms with E-state index in [-0.39, 0.29) is 5.41 Å². The Kier molecular flexibility index (Phi) is 3.90. The molecule has 0 radical (unpaired) electrons. The normalized spacial score (nSPS) is 24.0. The van der Waals surface area contributed by atoms with Crippen LogP contribution in [0.2, 0.25) is 0 Å². The van der Waals surface area contributed by atoms with Crippen LogP contribution in [0.3, 0.4) is 0 Å². The highest BCUT2D eigenvalue weighted by atomic mass is 16.1. The molecular formula is C19H24N2O. The van der Waals surface area contributed by atoms with Crippen molar-refractivity contribution in [2.75, 3.05) is 0 Å². The first-order valence-corrected chi connectivity index (χ1v) is 8.23. The lowest BCUT2D eigenvalue weighted by Gasteiger charge is -2.36. The molecule has 2 aliphatic carbocycles. The summed E-state index contributed by atoms with van der Waals surface area (Å²) in [5, 5.41) is 3.71. The highest BCUT2D eigenvalue weighted by molar-refractivity contribution is 6.06. The molecule has 1 atom stereocenters. The minimum absolute atomic E-state index is 0.148. The second kappa shape index (κ2) is 5.71. The molecule has 0 aliphatic heterocycles. The Morgan fingerprint density at radius 3 is 2.95 bits per heavy atom. The van der Waals surface area contributed by atoms with Gasteiger partial charge in [0.15, 0.2) is 5.78 Å². The number of carbonyl (C=O) groups excluding carboxylic acids is 1. The van der Waals surface area contributed by atoms with Gasteiger partial charge in [-0.05, 0) is 54.0 Å². The molecule has 0 saturated carbocycles. The standard InChI is InChI=1S/C19H24N2O/c1-3-4-9-19-10-8-17(22)13(2)18(19)15-7-5-6-14(12-21-20)16(15)11-19/h5-7,12H,3-4,8-11,20H2,1-2H3/b21-12-. The van der Waals surface area contributed by atoms with Gasteiger partial charge < -0.3 is 5.84 Å². The van der Waals surface area contributed by atoms with E-state index in [0.717, 1.165) is 30.4 Å². The van der Waals surface area contributed by atoms with Crippen molar-refractivity contribution >= 4 is 17.6 Å². The Hall–Kier alpha value is -1.90. The van der Waals surface area contributed by atoms with Gasteiger partial charge >= 0.3 is 0 Å². The molecule has 3 rings (SSSR count). The molecule has 0 saturated heterocycles. The van der Waals surface area contributed by atoms with Crippen molar-refractivity contribution in [1.82, 2.24) is 0 Å². The van der Waals surface area contributed by atoms with Crippen LogP contribution in [0.15, 0.2) is 28.9 Å². The molecule has 116 valence electrons. The summed E-state index contributed by atoms with van der Waals surface area (Å²) in [6.45, 7) is 4.24. The monoisotopic (exact) mass is 296 g/mol. The summed E-state index contributed by atoms with van der Waals surface area (Å²) < 4.78 is 0. The van der Waals surface area contributed by atoms with Crippen LogP contribution in [0.25, 0.3) is 5.57 Å². The molecular weight excluding hydrogens is 272 g/mol. The fourth-order valence-electron chi connectivity index (χ4n) is 4.30. The van der Waals surface area contributed by atoms with Crippen LogP contribution in [0.5, 0.6) is 0 Å². The van der Waals surface area contributed by atoms with Crippen LogP contribution in [0, 0.1) is 5.41 Å². The van der Waals surface area contributed by atoms with Crippen LogP contribution in [-0.2, 0) is 11.2 Å². The number of nitrogens with two attached hydrogens (primary N) is 1. The zero-order valence-corrected chi connectivity index (χ0v) is 13.5. The summed E-state index contributed by atoms with van der Waals surface area (Å²) >= 11 is 0. The summed E-state index contributed by atoms with van der Waals surface area (Å²) in [4.78, 5) is 12.3. The number of allylic oxidation sites excluding steroid dienone is 2. The number of hydrazone groups is 1. The lowest BCUT2D eigenvalue weighted by Crippen LogP contribution is -2.28. The first kappa shape index (κ1) is 15.0. The highest BCUT2D eigenvalue weighted by Crippen LogP contribution is 2.56. The van der Waals surface area contributed by atoms with Gasteiger partial charge in [-0.1, -0.05) is 38.0 Å². The van der Waals surface area contributed by atoms with Gasteiger partial charge in [0.2, 0.25) is 0 Å². The molecule has 0 heterocycles. The molecule has 2 N–H and O–H groups in total. The van der Waals surface area contributed by atoms with E-state index < -0.39 is 0 Å². The van der Waals surface area contributed by atoms with E-state index in [4.69, 9.17) is 5.84 Å². The molecule has 3 heteroatoms. The lowest BCUT2D eigenvalue weighted by atomic mass is 9.67. The predicted molar refractivity (Wildman–Crippen MR) is 90.7 cm³/mol. The second-order valence-corrected chi connectivity index (χ2v) is 6.64. The number of ketones is 1. The van der Waals surface area contributed by atoms with Gasteiger partial charge in [-0.2, -0.15) is 5.10 Å². The Labute approximate surface area is 132 Å². The Balaban J connectivity index is 2.18. The summed E-state index contributed by atoms with van der Waals surface area (Å²) in [6, 6.07) is 6.27. The molecule has 0 fully saturated rings. The average molecular weight is 296 g/mol. The zero-order chi connectivity index (χ0) is 15.7. The van der Waals surface area contributed by atoms with Gasteiger partial charge in [0.05, 0.1) is 6.21 Å². The van der Waals surface area contributed by atoms with Gasteiger partial charge in [0.25, 0.3) is 0 Å². The van der Waals surface area contributed by atoms with E-state index in [1.807, 2.05) is 13.0 Å². The molecule has 3 nitrogen and oxygen atoms in total. The summed E-state index contributed by atoms with van der Waals surface area (Å²) in [5.74, 6) is 5.68. The Bertz CT molecular complexity index is 672. The number of benzene rings is 1. The lowest BCUT2D eigenvalue weighted by molar-refractivity contribution is -0.116. The molecule has 1 unspecified atom stereocenters. The van der Waals surface area contributed by atoms with Gasteiger partial charge in [0.1, 0.15) is 0 Å². The number of unbranched alkanes of at least 4 members (excludes halogenated alkanes) is 1. The quantitative estimate of drug-likeness (QED) is 0.521. The number of nitrogens with zero attached hydrogens (tertiary/aromatic N) is 1. The molecule has 0 amide bonds. The molecule has 22 heavy (non-hydrogen) atoms. The van der Waals surface area contributed by atoms with E-state index >= 15 is 0 Å². The summed E-state index contributed by atoms with van der Waals surface area (Å²) in [6.07, 6.45) is 7.98. The maximum atomic E-state index is 12.3. The van der Waals surface area contributed by atoms with Crippen molar-refractivity contribution in [3.8, 4) is 0 Å². The smallest absolute Gasteiger partial charge is 0.158 e. The predicted octanol–water partition coefficient (Wildman–Crippen LogP) is 3.85. The topological polar surface area (TPSA) is 55.5 Å². The van der Waals surface area contributed by atoms with Crippen LogP contribution >= 0.6 is 0 Å².